The summed E-state index contributed by atoms with van der Waals surface area (Å²) in [5.41, 5.74) is -0.318. The zero-order valence-corrected chi connectivity index (χ0v) is 8.14. The van der Waals surface area contributed by atoms with Crippen LogP contribution in [0.3, 0.4) is 0 Å². The Balaban J connectivity index is 0.000000123. The molecule has 12 heavy (non-hydrogen) atoms. The molecule has 0 radical (unpaired) electrons. The van der Waals surface area contributed by atoms with Crippen molar-refractivity contribution in [3.05, 3.63) is 15.4 Å². The van der Waals surface area contributed by atoms with Gasteiger partial charge in [-0.15, -0.1) is 11.3 Å². The first-order valence-electron chi connectivity index (χ1n) is 3.60. The highest BCUT2D eigenvalue weighted by molar-refractivity contribution is 7.14. The molecule has 0 fully saturated rings. The largest absolute Gasteiger partial charge is 0.462 e. The van der Waals surface area contributed by atoms with E-state index in [9.17, 15) is 4.79 Å². The van der Waals surface area contributed by atoms with Gasteiger partial charge in [-0.05, 0) is 20.8 Å². The van der Waals surface area contributed by atoms with E-state index in [1.54, 1.807) is 11.3 Å². The minimum atomic E-state index is -0.318. The van der Waals surface area contributed by atoms with Crippen molar-refractivity contribution in [1.29, 1.82) is 0 Å². The summed E-state index contributed by atoms with van der Waals surface area (Å²) in [7, 11) is 0. The second kappa shape index (κ2) is 3.23. The van der Waals surface area contributed by atoms with Crippen molar-refractivity contribution in [2.45, 2.75) is 26.4 Å². The maximum Gasteiger partial charge on any atom is 0.293 e. The van der Waals surface area contributed by atoms with Crippen LogP contribution in [0.1, 0.15) is 20.8 Å². The maximum atomic E-state index is 9.60. The van der Waals surface area contributed by atoms with Gasteiger partial charge >= 0.3 is 0 Å². The predicted molar refractivity (Wildman–Crippen MR) is 46.7 cm³/mol. The molecule has 0 saturated carbocycles. The van der Waals surface area contributed by atoms with Crippen LogP contribution in [0.4, 0.5) is 0 Å². The Kier molecular flexibility index (Phi) is 2.47. The number of hydrogen-bond acceptors (Lipinski definition) is 4. The van der Waals surface area contributed by atoms with Gasteiger partial charge in [0.25, 0.3) is 6.47 Å². The van der Waals surface area contributed by atoms with Gasteiger partial charge in [0.05, 0.1) is 4.53 Å². The summed E-state index contributed by atoms with van der Waals surface area (Å²) >= 11 is 1.77. The van der Waals surface area contributed by atoms with E-state index in [4.69, 9.17) is 0 Å². The van der Waals surface area contributed by atoms with Gasteiger partial charge in [-0.1, -0.05) is 0 Å². The van der Waals surface area contributed by atoms with E-state index in [-0.39, 0.29) is 5.60 Å². The topological polar surface area (TPSA) is 39.2 Å². The first-order chi connectivity index (χ1) is 5.53. The third kappa shape index (κ3) is 3.00. The van der Waals surface area contributed by atoms with E-state index in [1.165, 1.54) is 9.20 Å². The molecule has 0 unspecified atom stereocenters. The summed E-state index contributed by atoms with van der Waals surface area (Å²) < 4.78 is 7.20. The highest BCUT2D eigenvalue weighted by Gasteiger charge is 2.07. The quantitative estimate of drug-likeness (QED) is 0.635. The van der Waals surface area contributed by atoms with Gasteiger partial charge in [0, 0.05) is 6.20 Å². The molecule has 0 aromatic rings. The highest BCUT2D eigenvalue weighted by Crippen LogP contribution is 2.15. The number of rotatable bonds is 1. The summed E-state index contributed by atoms with van der Waals surface area (Å²) in [6, 6.07) is 0. The van der Waals surface area contributed by atoms with E-state index in [1.807, 2.05) is 27.0 Å². The molecule has 2 aliphatic heterocycles. The molecular weight excluding hydrogens is 174 g/mol. The van der Waals surface area contributed by atoms with Crippen molar-refractivity contribution in [2.24, 2.45) is 0 Å². The van der Waals surface area contributed by atoms with Crippen molar-refractivity contribution in [3.8, 4) is 0 Å². The van der Waals surface area contributed by atoms with Gasteiger partial charge in [-0.3, -0.25) is 4.79 Å². The third-order valence-electron chi connectivity index (χ3n) is 1.08. The average Bonchev–Trinajstić information content (AvgIpc) is 2.37. The SMILES string of the molecule is CC(C)(C)OC=O.c1nc2sc1=2. The molecule has 0 saturated heterocycles. The van der Waals surface area contributed by atoms with Crippen LogP contribution in [0, 0.1) is 9.20 Å². The predicted octanol–water partition coefficient (Wildman–Crippen LogP) is 1.70. The zero-order chi connectivity index (χ0) is 9.19. The smallest absolute Gasteiger partial charge is 0.293 e. The Bertz CT molecular complexity index is 327. The molecule has 4 heteroatoms. The summed E-state index contributed by atoms with van der Waals surface area (Å²) in [6.07, 6.45) is 1.89. The average molecular weight is 185 g/mol. The van der Waals surface area contributed by atoms with Gasteiger partial charge in [0.2, 0.25) is 0 Å². The van der Waals surface area contributed by atoms with Gasteiger partial charge in [-0.25, -0.2) is 4.98 Å². The number of aromatic nitrogens is 1. The fourth-order valence-corrected chi connectivity index (χ4v) is 0.919. The molecule has 0 atom stereocenters. The van der Waals surface area contributed by atoms with E-state index in [0.717, 1.165) is 0 Å². The van der Waals surface area contributed by atoms with E-state index >= 15 is 0 Å². The Morgan fingerprint density at radius 3 is 2.17 bits per heavy atom. The van der Waals surface area contributed by atoms with Crippen LogP contribution in [0.15, 0.2) is 6.20 Å². The summed E-state index contributed by atoms with van der Waals surface area (Å²) in [4.78, 5) is 13.5. The molecule has 0 N–H and O–H groups in total. The van der Waals surface area contributed by atoms with Crippen molar-refractivity contribution in [3.63, 3.8) is 0 Å². The molecular formula is C8H11NO2S. The number of carbonyl (C=O) groups is 1. The Hall–Kier alpha value is -0.900. The molecule has 0 aromatic heterocycles. The number of hydrogen-bond donors (Lipinski definition) is 0. The lowest BCUT2D eigenvalue weighted by Crippen LogP contribution is -2.17. The minimum absolute atomic E-state index is 0.318. The number of carbonyl (C=O) groups excluding carboxylic acids is 1. The van der Waals surface area contributed by atoms with Crippen molar-refractivity contribution in [1.82, 2.24) is 4.98 Å². The fraction of sp³-hybridized carbons (Fsp3) is 0.500. The number of nitrogens with zero attached hydrogens (tertiary/aromatic N) is 1. The molecule has 2 aliphatic rings. The molecule has 3 nitrogen and oxygen atoms in total. The van der Waals surface area contributed by atoms with Crippen LogP contribution in [0.5, 0.6) is 0 Å². The van der Waals surface area contributed by atoms with Crippen LogP contribution < -0.4 is 0 Å². The van der Waals surface area contributed by atoms with E-state index < -0.39 is 0 Å². The molecule has 66 valence electrons. The molecule has 0 aliphatic carbocycles. The van der Waals surface area contributed by atoms with Crippen LogP contribution in [0.2, 0.25) is 0 Å². The molecule has 0 bridgehead atoms. The van der Waals surface area contributed by atoms with E-state index in [0.29, 0.717) is 6.47 Å². The summed E-state index contributed by atoms with van der Waals surface area (Å²) in [6.45, 7) is 5.92. The van der Waals surface area contributed by atoms with Gasteiger partial charge in [0.1, 0.15) is 10.3 Å². The number of ether oxygens (including phenoxy) is 1. The monoisotopic (exact) mass is 185 g/mol. The highest BCUT2D eigenvalue weighted by atomic mass is 32.1. The van der Waals surface area contributed by atoms with Gasteiger partial charge < -0.3 is 4.74 Å². The summed E-state index contributed by atoms with van der Waals surface area (Å²) in [5, 5.41) is 0. The molecule has 2 heterocycles. The van der Waals surface area contributed by atoms with Crippen LogP contribution >= 0.6 is 11.3 Å². The molecule has 0 spiro atoms. The number of thiazole rings is 1. The lowest BCUT2D eigenvalue weighted by atomic mass is 10.2. The summed E-state index contributed by atoms with van der Waals surface area (Å²) in [5.74, 6) is 0. The second-order valence-electron chi connectivity index (χ2n) is 3.36. The van der Waals surface area contributed by atoms with Gasteiger partial charge in [0.15, 0.2) is 0 Å². The second-order valence-corrected chi connectivity index (χ2v) is 4.39. The normalized spacial score (nSPS) is 11.2. The first kappa shape index (κ1) is 9.19. The van der Waals surface area contributed by atoms with Gasteiger partial charge in [-0.2, -0.15) is 0 Å². The van der Waals surface area contributed by atoms with Crippen molar-refractivity contribution < 1.29 is 9.53 Å². The standard InChI is InChI=1S/C5H10O2.C3HNS/c1-5(2,3)7-4-6;1-2-3(4-1)5-2/h4H,1-3H3;1H. The molecule has 0 amide bonds. The maximum absolute atomic E-state index is 9.60. The third-order valence-corrected chi connectivity index (χ3v) is 1.91. The van der Waals surface area contributed by atoms with Crippen LogP contribution in [0.25, 0.3) is 0 Å². The minimum Gasteiger partial charge on any atom is -0.462 e. The Labute approximate surface area is 74.7 Å². The van der Waals surface area contributed by atoms with E-state index in [2.05, 4.69) is 9.72 Å². The Morgan fingerprint density at radius 1 is 1.58 bits per heavy atom. The van der Waals surface area contributed by atoms with Crippen molar-refractivity contribution >= 4 is 17.8 Å². The zero-order valence-electron chi connectivity index (χ0n) is 7.33. The lowest BCUT2D eigenvalue weighted by molar-refractivity contribution is -0.138. The van der Waals surface area contributed by atoms with Crippen LogP contribution in [-0.4, -0.2) is 17.1 Å². The lowest BCUT2D eigenvalue weighted by Gasteiger charge is -2.14. The molecule has 2 rings (SSSR count). The first-order valence-corrected chi connectivity index (χ1v) is 4.42. The fourth-order valence-electron chi connectivity index (χ4n) is 0.446. The Morgan fingerprint density at radius 2 is 2.17 bits per heavy atom. The van der Waals surface area contributed by atoms with Crippen molar-refractivity contribution in [2.75, 3.05) is 0 Å². The van der Waals surface area contributed by atoms with Crippen LogP contribution in [-0.2, 0) is 9.53 Å². The molecule has 0 aromatic carbocycles.